The number of likely N-dealkylation sites (tertiary alicyclic amines) is 1. The Morgan fingerprint density at radius 2 is 1.79 bits per heavy atom. The molecule has 2 aliphatic heterocycles. The van der Waals surface area contributed by atoms with Crippen molar-refractivity contribution in [3.8, 4) is 0 Å². The molecule has 24 heavy (non-hydrogen) atoms. The lowest BCUT2D eigenvalue weighted by Crippen LogP contribution is -2.49. The Balaban J connectivity index is 1.58. The molecule has 8 heteroatoms. The van der Waals surface area contributed by atoms with Crippen LogP contribution in [0.3, 0.4) is 0 Å². The van der Waals surface area contributed by atoms with Gasteiger partial charge >= 0.3 is 5.51 Å². The van der Waals surface area contributed by atoms with Crippen LogP contribution in [0.25, 0.3) is 0 Å². The molecule has 1 aromatic rings. The van der Waals surface area contributed by atoms with Crippen LogP contribution in [0, 0.1) is 0 Å². The van der Waals surface area contributed by atoms with Gasteiger partial charge in [0.2, 0.25) is 0 Å². The van der Waals surface area contributed by atoms with Crippen molar-refractivity contribution in [3.05, 3.63) is 29.8 Å². The zero-order valence-corrected chi connectivity index (χ0v) is 14.0. The van der Waals surface area contributed by atoms with E-state index >= 15 is 0 Å². The monoisotopic (exact) mass is 359 g/mol. The maximum Gasteiger partial charge on any atom is 0.446 e. The summed E-state index contributed by atoms with van der Waals surface area (Å²) < 4.78 is 37.0. The highest BCUT2D eigenvalue weighted by atomic mass is 32.2. The van der Waals surface area contributed by atoms with E-state index in [4.69, 9.17) is 0 Å². The Morgan fingerprint density at radius 3 is 2.42 bits per heavy atom. The first-order chi connectivity index (χ1) is 11.4. The number of halogens is 3. The minimum absolute atomic E-state index is 0.0964. The number of piperazine rings is 1. The average Bonchev–Trinajstić information content (AvgIpc) is 3.04. The van der Waals surface area contributed by atoms with Gasteiger partial charge in [0.25, 0.3) is 5.91 Å². The second-order valence-corrected chi connectivity index (χ2v) is 7.19. The molecule has 1 N–H and O–H groups in total. The maximum atomic E-state index is 12.5. The van der Waals surface area contributed by atoms with E-state index in [0.717, 1.165) is 32.6 Å². The van der Waals surface area contributed by atoms with Crippen molar-refractivity contribution in [1.82, 2.24) is 15.1 Å². The minimum atomic E-state index is -4.31. The molecular weight excluding hydrogens is 339 g/mol. The Labute approximate surface area is 143 Å². The molecule has 0 bridgehead atoms. The predicted octanol–water partition coefficient (Wildman–Crippen LogP) is 2.42. The zero-order valence-electron chi connectivity index (χ0n) is 13.2. The van der Waals surface area contributed by atoms with Gasteiger partial charge in [0, 0.05) is 55.8 Å². The fraction of sp³-hybridized carbons (Fsp3) is 0.562. The molecule has 2 fully saturated rings. The van der Waals surface area contributed by atoms with Crippen LogP contribution in [0.5, 0.6) is 0 Å². The molecule has 2 aliphatic rings. The summed E-state index contributed by atoms with van der Waals surface area (Å²) in [5.41, 5.74) is -3.86. The lowest BCUT2D eigenvalue weighted by molar-refractivity contribution is -0.0328. The average molecular weight is 359 g/mol. The van der Waals surface area contributed by atoms with Crippen LogP contribution in [0.2, 0.25) is 0 Å². The van der Waals surface area contributed by atoms with Crippen LogP contribution in [-0.4, -0.2) is 66.5 Å². The molecule has 1 amide bonds. The van der Waals surface area contributed by atoms with Crippen molar-refractivity contribution in [2.45, 2.75) is 22.9 Å². The third kappa shape index (κ3) is 4.43. The molecule has 0 saturated carbocycles. The molecular formula is C16H20F3N3OS. The quantitative estimate of drug-likeness (QED) is 0.841. The van der Waals surface area contributed by atoms with Gasteiger partial charge in [-0.1, -0.05) is 0 Å². The van der Waals surface area contributed by atoms with E-state index in [2.05, 4.69) is 10.2 Å². The lowest BCUT2D eigenvalue weighted by Gasteiger charge is -2.32. The van der Waals surface area contributed by atoms with Gasteiger partial charge < -0.3 is 10.2 Å². The summed E-state index contributed by atoms with van der Waals surface area (Å²) in [5, 5.41) is 3.32. The normalized spacial score (nSPS) is 22.8. The summed E-state index contributed by atoms with van der Waals surface area (Å²) in [5.74, 6) is -0.101. The minimum Gasteiger partial charge on any atom is -0.337 e. The van der Waals surface area contributed by atoms with Crippen molar-refractivity contribution < 1.29 is 18.0 Å². The van der Waals surface area contributed by atoms with Gasteiger partial charge in [0.1, 0.15) is 0 Å². The largest absolute Gasteiger partial charge is 0.446 e. The molecule has 1 atom stereocenters. The Morgan fingerprint density at radius 1 is 1.12 bits per heavy atom. The first kappa shape index (κ1) is 17.6. The van der Waals surface area contributed by atoms with E-state index in [0.29, 0.717) is 24.7 Å². The van der Waals surface area contributed by atoms with Gasteiger partial charge in [-0.15, -0.1) is 0 Å². The number of hydrogen-bond donors (Lipinski definition) is 1. The third-order valence-electron chi connectivity index (χ3n) is 4.45. The van der Waals surface area contributed by atoms with Crippen LogP contribution in [-0.2, 0) is 0 Å². The number of carbonyl (C=O) groups excluding carboxylic acids is 1. The lowest BCUT2D eigenvalue weighted by atomic mass is 10.2. The van der Waals surface area contributed by atoms with E-state index in [1.54, 1.807) is 4.90 Å². The van der Waals surface area contributed by atoms with Gasteiger partial charge in [-0.05, 0) is 42.4 Å². The Hall–Kier alpha value is -1.25. The topological polar surface area (TPSA) is 35.6 Å². The fourth-order valence-electron chi connectivity index (χ4n) is 3.25. The molecule has 3 rings (SSSR count). The Bertz CT molecular complexity index is 573. The van der Waals surface area contributed by atoms with Gasteiger partial charge in [-0.25, -0.2) is 0 Å². The molecule has 0 aliphatic carbocycles. The number of alkyl halides is 3. The maximum absolute atomic E-state index is 12.5. The number of amides is 1. The van der Waals surface area contributed by atoms with Gasteiger partial charge in [0.05, 0.1) is 0 Å². The van der Waals surface area contributed by atoms with E-state index in [-0.39, 0.29) is 22.6 Å². The van der Waals surface area contributed by atoms with Crippen LogP contribution < -0.4 is 5.32 Å². The van der Waals surface area contributed by atoms with Crippen molar-refractivity contribution in [3.63, 3.8) is 0 Å². The molecule has 0 radical (unpaired) electrons. The number of nitrogens with one attached hydrogen (secondary N) is 1. The molecule has 0 aromatic heterocycles. The zero-order chi connectivity index (χ0) is 17.2. The van der Waals surface area contributed by atoms with Crippen molar-refractivity contribution in [1.29, 1.82) is 0 Å². The molecule has 1 aromatic carbocycles. The molecule has 0 spiro atoms. The van der Waals surface area contributed by atoms with Gasteiger partial charge in [-0.2, -0.15) is 13.2 Å². The highest BCUT2D eigenvalue weighted by molar-refractivity contribution is 8.00. The van der Waals surface area contributed by atoms with Crippen LogP contribution in [0.4, 0.5) is 13.2 Å². The summed E-state index contributed by atoms with van der Waals surface area (Å²) in [6, 6.07) is 6.06. The van der Waals surface area contributed by atoms with E-state index in [1.807, 2.05) is 0 Å². The van der Waals surface area contributed by atoms with Crippen LogP contribution >= 0.6 is 11.8 Å². The molecule has 2 saturated heterocycles. The van der Waals surface area contributed by atoms with Crippen molar-refractivity contribution >= 4 is 17.7 Å². The predicted molar refractivity (Wildman–Crippen MR) is 87.1 cm³/mol. The number of rotatable bonds is 3. The molecule has 4 nitrogen and oxygen atoms in total. The molecule has 2 heterocycles. The third-order valence-corrected chi connectivity index (χ3v) is 5.19. The number of carbonyl (C=O) groups is 1. The summed E-state index contributed by atoms with van der Waals surface area (Å²) in [6.45, 7) is 5.34. The SMILES string of the molecule is O=C(c1ccc(SC(F)(F)F)cc1)N1CCC(N2CCNCC2)C1. The summed E-state index contributed by atoms with van der Waals surface area (Å²) in [6.07, 6.45) is 0.952. The second kappa shape index (κ2) is 7.33. The van der Waals surface area contributed by atoms with Crippen LogP contribution in [0.15, 0.2) is 29.2 Å². The van der Waals surface area contributed by atoms with Crippen molar-refractivity contribution in [2.75, 3.05) is 39.3 Å². The van der Waals surface area contributed by atoms with E-state index in [1.165, 1.54) is 24.3 Å². The van der Waals surface area contributed by atoms with Gasteiger partial charge in [-0.3, -0.25) is 9.69 Å². The van der Waals surface area contributed by atoms with E-state index in [9.17, 15) is 18.0 Å². The number of hydrogen-bond acceptors (Lipinski definition) is 4. The van der Waals surface area contributed by atoms with E-state index < -0.39 is 5.51 Å². The second-order valence-electron chi connectivity index (χ2n) is 6.05. The highest BCUT2D eigenvalue weighted by Crippen LogP contribution is 2.36. The number of nitrogens with zero attached hydrogens (tertiary/aromatic N) is 2. The molecule has 132 valence electrons. The van der Waals surface area contributed by atoms with Crippen LogP contribution in [0.1, 0.15) is 16.8 Å². The highest BCUT2D eigenvalue weighted by Gasteiger charge is 2.32. The summed E-state index contributed by atoms with van der Waals surface area (Å²) in [4.78, 5) is 16.8. The summed E-state index contributed by atoms with van der Waals surface area (Å²) in [7, 11) is 0. The number of thioether (sulfide) groups is 1. The summed E-state index contributed by atoms with van der Waals surface area (Å²) >= 11 is -0.165. The smallest absolute Gasteiger partial charge is 0.337 e. The van der Waals surface area contributed by atoms with Gasteiger partial charge in [0.15, 0.2) is 0 Å². The first-order valence-electron chi connectivity index (χ1n) is 8.02. The fourth-order valence-corrected chi connectivity index (χ4v) is 3.79. The standard InChI is InChI=1S/C16H20F3N3OS/c17-16(18,19)24-14-3-1-12(2-4-14)15(23)22-8-5-13(11-22)21-9-6-20-7-10-21/h1-4,13,20H,5-11H2. The van der Waals surface area contributed by atoms with Crippen molar-refractivity contribution in [2.24, 2.45) is 0 Å². The molecule has 1 unspecified atom stereocenters. The Kier molecular flexibility index (Phi) is 5.36. The number of benzene rings is 1. The first-order valence-corrected chi connectivity index (χ1v) is 8.84.